The van der Waals surface area contributed by atoms with Crippen LogP contribution >= 0.6 is 0 Å². The minimum Gasteiger partial charge on any atom is -0.383 e. The van der Waals surface area contributed by atoms with Crippen molar-refractivity contribution >= 4 is 5.69 Å². The van der Waals surface area contributed by atoms with Crippen LogP contribution in [0.15, 0.2) is 48.5 Å². The van der Waals surface area contributed by atoms with Crippen LogP contribution in [0.25, 0.3) is 0 Å². The Kier molecular flexibility index (Phi) is 6.23. The largest absolute Gasteiger partial charge is 0.383 e. The lowest BCUT2D eigenvalue weighted by atomic mass is 10.0. The first kappa shape index (κ1) is 17.6. The van der Waals surface area contributed by atoms with E-state index in [-0.39, 0.29) is 0 Å². The van der Waals surface area contributed by atoms with Gasteiger partial charge in [-0.3, -0.25) is 4.90 Å². The Hall–Kier alpha value is -1.80. The van der Waals surface area contributed by atoms with Gasteiger partial charge in [-0.25, -0.2) is 0 Å². The number of nitrogens with one attached hydrogen (secondary N) is 1. The van der Waals surface area contributed by atoms with Crippen LogP contribution in [0.5, 0.6) is 0 Å². The zero-order chi connectivity index (χ0) is 16.8. The Morgan fingerprint density at radius 2 is 1.70 bits per heavy atom. The lowest BCUT2D eigenvalue weighted by molar-refractivity contribution is 0.213. The van der Waals surface area contributed by atoms with E-state index in [2.05, 4.69) is 93.4 Å². The number of nitrogens with zero attached hydrogens (tertiary/aromatic N) is 1. The molecule has 23 heavy (non-hydrogen) atoms. The molecular weight excluding hydrogens is 280 g/mol. The van der Waals surface area contributed by atoms with Gasteiger partial charge in [-0.2, -0.15) is 0 Å². The Morgan fingerprint density at radius 3 is 2.30 bits per heavy atom. The normalized spacial score (nSPS) is 12.7. The number of benzene rings is 2. The SMILES string of the molecule is CCN(Cc1ccccc1)C(C)c1ccc(C)c(NC(C)C)c1. The topological polar surface area (TPSA) is 15.3 Å². The van der Waals surface area contributed by atoms with Gasteiger partial charge in [0.05, 0.1) is 0 Å². The van der Waals surface area contributed by atoms with Gasteiger partial charge in [0.2, 0.25) is 0 Å². The molecular formula is C21H30N2. The maximum Gasteiger partial charge on any atom is 0.0375 e. The molecule has 0 aliphatic rings. The van der Waals surface area contributed by atoms with Crippen molar-refractivity contribution in [3.05, 3.63) is 65.2 Å². The maximum absolute atomic E-state index is 3.56. The molecule has 2 aromatic rings. The molecule has 0 aliphatic heterocycles. The zero-order valence-electron chi connectivity index (χ0n) is 15.1. The molecule has 0 aliphatic carbocycles. The fourth-order valence-electron chi connectivity index (χ4n) is 2.92. The second-order valence-corrected chi connectivity index (χ2v) is 6.60. The van der Waals surface area contributed by atoms with Crippen molar-refractivity contribution < 1.29 is 0 Å². The molecule has 0 fully saturated rings. The number of hydrogen-bond donors (Lipinski definition) is 1. The van der Waals surface area contributed by atoms with Crippen molar-refractivity contribution in [3.63, 3.8) is 0 Å². The van der Waals surface area contributed by atoms with E-state index in [1.807, 2.05) is 0 Å². The lowest BCUT2D eigenvalue weighted by Gasteiger charge is -2.29. The average molecular weight is 310 g/mol. The molecule has 2 nitrogen and oxygen atoms in total. The van der Waals surface area contributed by atoms with Crippen LogP contribution in [0.1, 0.15) is 50.4 Å². The lowest BCUT2D eigenvalue weighted by Crippen LogP contribution is -2.26. The molecule has 0 saturated heterocycles. The average Bonchev–Trinajstić information content (AvgIpc) is 2.54. The fourth-order valence-corrected chi connectivity index (χ4v) is 2.92. The standard InChI is InChI=1S/C21H30N2/c1-6-23(15-19-10-8-7-9-11-19)18(5)20-13-12-17(4)21(14-20)22-16(2)3/h7-14,16,18,22H,6,15H2,1-5H3. The third-order valence-electron chi connectivity index (χ3n) is 4.37. The number of rotatable bonds is 7. The molecule has 0 spiro atoms. The summed E-state index contributed by atoms with van der Waals surface area (Å²) in [6.07, 6.45) is 0. The van der Waals surface area contributed by atoms with Crippen LogP contribution in [-0.2, 0) is 6.54 Å². The second kappa shape index (κ2) is 8.16. The predicted octanol–water partition coefficient (Wildman–Crippen LogP) is 5.40. The van der Waals surface area contributed by atoms with Crippen LogP contribution in [0.2, 0.25) is 0 Å². The van der Waals surface area contributed by atoms with Crippen molar-refractivity contribution in [1.29, 1.82) is 0 Å². The molecule has 0 saturated carbocycles. The molecule has 0 aromatic heterocycles. The molecule has 0 radical (unpaired) electrons. The van der Waals surface area contributed by atoms with Gasteiger partial charge >= 0.3 is 0 Å². The highest BCUT2D eigenvalue weighted by Crippen LogP contribution is 2.27. The predicted molar refractivity (Wildman–Crippen MR) is 101 cm³/mol. The molecule has 0 bridgehead atoms. The van der Waals surface area contributed by atoms with Crippen LogP contribution in [0.3, 0.4) is 0 Å². The van der Waals surface area contributed by atoms with Crippen LogP contribution < -0.4 is 5.32 Å². The Labute approximate surface area is 141 Å². The molecule has 1 unspecified atom stereocenters. The first-order valence-corrected chi connectivity index (χ1v) is 8.66. The van der Waals surface area contributed by atoms with Crippen LogP contribution in [-0.4, -0.2) is 17.5 Å². The van der Waals surface area contributed by atoms with E-state index in [1.165, 1.54) is 22.4 Å². The summed E-state index contributed by atoms with van der Waals surface area (Å²) in [7, 11) is 0. The molecule has 1 N–H and O–H groups in total. The summed E-state index contributed by atoms with van der Waals surface area (Å²) in [5.41, 5.74) is 5.30. The van der Waals surface area contributed by atoms with Crippen LogP contribution in [0, 0.1) is 6.92 Å². The van der Waals surface area contributed by atoms with E-state index in [9.17, 15) is 0 Å². The first-order chi connectivity index (χ1) is 11.0. The number of anilines is 1. The molecule has 2 aromatic carbocycles. The summed E-state index contributed by atoms with van der Waals surface area (Å²) in [5.74, 6) is 0. The van der Waals surface area contributed by atoms with Crippen molar-refractivity contribution in [3.8, 4) is 0 Å². The van der Waals surface area contributed by atoms with E-state index in [0.29, 0.717) is 12.1 Å². The van der Waals surface area contributed by atoms with Crippen molar-refractivity contribution in [2.45, 2.75) is 53.2 Å². The molecule has 2 heteroatoms. The van der Waals surface area contributed by atoms with E-state index >= 15 is 0 Å². The van der Waals surface area contributed by atoms with E-state index in [1.54, 1.807) is 0 Å². The summed E-state index contributed by atoms with van der Waals surface area (Å²) >= 11 is 0. The quantitative estimate of drug-likeness (QED) is 0.736. The van der Waals surface area contributed by atoms with Crippen LogP contribution in [0.4, 0.5) is 5.69 Å². The van der Waals surface area contributed by atoms with Gasteiger partial charge in [-0.15, -0.1) is 0 Å². The zero-order valence-corrected chi connectivity index (χ0v) is 15.1. The highest BCUT2D eigenvalue weighted by Gasteiger charge is 2.15. The van der Waals surface area contributed by atoms with Gasteiger partial charge in [-0.1, -0.05) is 49.4 Å². The second-order valence-electron chi connectivity index (χ2n) is 6.60. The maximum atomic E-state index is 3.56. The Morgan fingerprint density at radius 1 is 1.00 bits per heavy atom. The van der Waals surface area contributed by atoms with Gasteiger partial charge in [0, 0.05) is 24.3 Å². The summed E-state index contributed by atoms with van der Waals surface area (Å²) in [6, 6.07) is 18.4. The molecule has 124 valence electrons. The van der Waals surface area contributed by atoms with Gasteiger partial charge < -0.3 is 5.32 Å². The minimum atomic E-state index is 0.397. The highest BCUT2D eigenvalue weighted by atomic mass is 15.1. The molecule has 1 atom stereocenters. The molecule has 2 rings (SSSR count). The van der Waals surface area contributed by atoms with Gasteiger partial charge in [-0.05, 0) is 57.0 Å². The first-order valence-electron chi connectivity index (χ1n) is 8.66. The van der Waals surface area contributed by atoms with Crippen molar-refractivity contribution in [1.82, 2.24) is 4.90 Å². The Bertz CT molecular complexity index is 604. The van der Waals surface area contributed by atoms with Gasteiger partial charge in [0.1, 0.15) is 0 Å². The number of aryl methyl sites for hydroxylation is 1. The van der Waals surface area contributed by atoms with Crippen molar-refractivity contribution in [2.75, 3.05) is 11.9 Å². The smallest absolute Gasteiger partial charge is 0.0375 e. The van der Waals surface area contributed by atoms with Gasteiger partial charge in [0.25, 0.3) is 0 Å². The minimum absolute atomic E-state index is 0.397. The van der Waals surface area contributed by atoms with E-state index in [0.717, 1.165) is 13.1 Å². The fraction of sp³-hybridized carbons (Fsp3) is 0.429. The monoisotopic (exact) mass is 310 g/mol. The van der Waals surface area contributed by atoms with Gasteiger partial charge in [0.15, 0.2) is 0 Å². The molecule has 0 amide bonds. The molecule has 0 heterocycles. The summed E-state index contributed by atoms with van der Waals surface area (Å²) < 4.78 is 0. The number of hydrogen-bond acceptors (Lipinski definition) is 2. The highest BCUT2D eigenvalue weighted by molar-refractivity contribution is 5.53. The van der Waals surface area contributed by atoms with E-state index < -0.39 is 0 Å². The summed E-state index contributed by atoms with van der Waals surface area (Å²) in [5, 5.41) is 3.56. The third kappa shape index (κ3) is 4.84. The van der Waals surface area contributed by atoms with Crippen molar-refractivity contribution in [2.24, 2.45) is 0 Å². The summed E-state index contributed by atoms with van der Waals surface area (Å²) in [4.78, 5) is 2.51. The Balaban J connectivity index is 2.18. The summed E-state index contributed by atoms with van der Waals surface area (Å²) in [6.45, 7) is 13.1. The van der Waals surface area contributed by atoms with E-state index in [4.69, 9.17) is 0 Å². The third-order valence-corrected chi connectivity index (χ3v) is 4.37.